The topological polar surface area (TPSA) is 75.4 Å². The Labute approximate surface area is 124 Å². The average Bonchev–Trinajstić information content (AvgIpc) is 2.39. The second-order valence-corrected chi connectivity index (χ2v) is 4.86. The Balaban J connectivity index is 2.93. The molecule has 0 radical (unpaired) electrons. The van der Waals surface area contributed by atoms with Gasteiger partial charge in [0.25, 0.3) is 5.91 Å². The van der Waals surface area contributed by atoms with E-state index in [0.29, 0.717) is 29.4 Å². The lowest BCUT2D eigenvalue weighted by atomic mass is 10.1. The first kappa shape index (κ1) is 16.5. The van der Waals surface area contributed by atoms with E-state index in [9.17, 15) is 9.59 Å². The van der Waals surface area contributed by atoms with Crippen LogP contribution in [0, 0.1) is 0 Å². The minimum Gasteiger partial charge on any atom is -0.339 e. The SMILES string of the molecule is CCN(CC)C(=O)c1ccc(NC(=O)[C@H](C)N)cc1Cl. The molecule has 0 saturated heterocycles. The normalized spacial score (nSPS) is 11.8. The van der Waals surface area contributed by atoms with Crippen LogP contribution in [0.3, 0.4) is 0 Å². The van der Waals surface area contributed by atoms with Crippen LogP contribution in [-0.4, -0.2) is 35.8 Å². The molecule has 0 aliphatic rings. The maximum absolute atomic E-state index is 12.2. The highest BCUT2D eigenvalue weighted by Gasteiger charge is 2.16. The van der Waals surface area contributed by atoms with Crippen LogP contribution >= 0.6 is 11.6 Å². The number of rotatable bonds is 5. The Bertz CT molecular complexity index is 499. The number of hydrogen-bond donors (Lipinski definition) is 2. The number of nitrogens with two attached hydrogens (primary N) is 1. The molecule has 3 N–H and O–H groups in total. The van der Waals surface area contributed by atoms with Crippen molar-refractivity contribution >= 4 is 29.1 Å². The summed E-state index contributed by atoms with van der Waals surface area (Å²) in [5, 5.41) is 2.94. The highest BCUT2D eigenvalue weighted by Crippen LogP contribution is 2.22. The van der Waals surface area contributed by atoms with Gasteiger partial charge < -0.3 is 16.0 Å². The van der Waals surface area contributed by atoms with Crippen molar-refractivity contribution in [3.05, 3.63) is 28.8 Å². The minimum absolute atomic E-state index is 0.120. The van der Waals surface area contributed by atoms with E-state index >= 15 is 0 Å². The molecule has 0 fully saturated rings. The molecule has 0 aromatic heterocycles. The van der Waals surface area contributed by atoms with E-state index in [1.807, 2.05) is 13.8 Å². The van der Waals surface area contributed by atoms with Crippen LogP contribution in [0.2, 0.25) is 5.02 Å². The summed E-state index contributed by atoms with van der Waals surface area (Å²) in [6.07, 6.45) is 0. The Morgan fingerprint density at radius 1 is 1.35 bits per heavy atom. The standard InChI is InChI=1S/C14H20ClN3O2/c1-4-18(5-2)14(20)11-7-6-10(8-12(11)15)17-13(19)9(3)16/h6-9H,4-5,16H2,1-3H3,(H,17,19)/t9-/m0/s1. The smallest absolute Gasteiger partial charge is 0.255 e. The summed E-state index contributed by atoms with van der Waals surface area (Å²) in [5.41, 5.74) is 6.42. The number of benzene rings is 1. The van der Waals surface area contributed by atoms with Gasteiger partial charge in [-0.2, -0.15) is 0 Å². The molecule has 1 aromatic carbocycles. The lowest BCUT2D eigenvalue weighted by molar-refractivity contribution is -0.117. The van der Waals surface area contributed by atoms with Gasteiger partial charge in [0.05, 0.1) is 16.6 Å². The average molecular weight is 298 g/mol. The van der Waals surface area contributed by atoms with Crippen LogP contribution in [-0.2, 0) is 4.79 Å². The third-order valence-corrected chi connectivity index (χ3v) is 3.24. The zero-order chi connectivity index (χ0) is 15.3. The number of amides is 2. The van der Waals surface area contributed by atoms with Crippen molar-refractivity contribution in [3.8, 4) is 0 Å². The Hall–Kier alpha value is -1.59. The lowest BCUT2D eigenvalue weighted by Crippen LogP contribution is -2.32. The van der Waals surface area contributed by atoms with E-state index in [0.717, 1.165) is 0 Å². The van der Waals surface area contributed by atoms with Gasteiger partial charge >= 0.3 is 0 Å². The summed E-state index contributed by atoms with van der Waals surface area (Å²) in [5.74, 6) is -0.422. The molecule has 0 aliphatic carbocycles. The number of carbonyl (C=O) groups excluding carboxylic acids is 2. The fourth-order valence-electron chi connectivity index (χ4n) is 1.70. The third-order valence-electron chi connectivity index (χ3n) is 2.93. The first-order valence-corrected chi connectivity index (χ1v) is 6.93. The molecule has 2 amide bonds. The number of nitrogens with zero attached hydrogens (tertiary/aromatic N) is 1. The van der Waals surface area contributed by atoms with E-state index in [-0.39, 0.29) is 11.8 Å². The predicted molar refractivity (Wildman–Crippen MR) is 81.0 cm³/mol. The molecule has 0 unspecified atom stereocenters. The molecule has 0 aliphatic heterocycles. The van der Waals surface area contributed by atoms with Crippen molar-refractivity contribution in [2.24, 2.45) is 5.73 Å². The monoisotopic (exact) mass is 297 g/mol. The summed E-state index contributed by atoms with van der Waals surface area (Å²) in [6, 6.07) is 4.20. The number of hydrogen-bond acceptors (Lipinski definition) is 3. The van der Waals surface area contributed by atoms with Gasteiger partial charge in [-0.3, -0.25) is 9.59 Å². The molecule has 6 heteroatoms. The molecule has 0 saturated carbocycles. The fraction of sp³-hybridized carbons (Fsp3) is 0.429. The Morgan fingerprint density at radius 3 is 2.40 bits per heavy atom. The van der Waals surface area contributed by atoms with E-state index in [4.69, 9.17) is 17.3 Å². The zero-order valence-corrected chi connectivity index (χ0v) is 12.7. The maximum Gasteiger partial charge on any atom is 0.255 e. The highest BCUT2D eigenvalue weighted by molar-refractivity contribution is 6.34. The molecule has 0 heterocycles. The lowest BCUT2D eigenvalue weighted by Gasteiger charge is -2.19. The highest BCUT2D eigenvalue weighted by atomic mass is 35.5. The Morgan fingerprint density at radius 2 is 1.95 bits per heavy atom. The van der Waals surface area contributed by atoms with Crippen molar-refractivity contribution in [3.63, 3.8) is 0 Å². The van der Waals surface area contributed by atoms with Crippen molar-refractivity contribution in [1.82, 2.24) is 4.90 Å². The van der Waals surface area contributed by atoms with Gasteiger partial charge in [0.15, 0.2) is 0 Å². The van der Waals surface area contributed by atoms with E-state index in [1.54, 1.807) is 30.0 Å². The number of anilines is 1. The van der Waals surface area contributed by atoms with Crippen molar-refractivity contribution < 1.29 is 9.59 Å². The van der Waals surface area contributed by atoms with Crippen LogP contribution in [0.5, 0.6) is 0 Å². The van der Waals surface area contributed by atoms with Crippen LogP contribution in [0.4, 0.5) is 5.69 Å². The van der Waals surface area contributed by atoms with Gasteiger partial charge in [0, 0.05) is 18.8 Å². The molecule has 1 aromatic rings. The quantitative estimate of drug-likeness (QED) is 0.874. The molecule has 5 nitrogen and oxygen atoms in total. The maximum atomic E-state index is 12.2. The first-order valence-electron chi connectivity index (χ1n) is 6.55. The molecule has 1 rings (SSSR count). The largest absolute Gasteiger partial charge is 0.339 e. The zero-order valence-electron chi connectivity index (χ0n) is 11.9. The first-order chi connectivity index (χ1) is 9.40. The van der Waals surface area contributed by atoms with Gasteiger partial charge in [0.2, 0.25) is 5.91 Å². The molecule has 0 bridgehead atoms. The number of halogens is 1. The third kappa shape index (κ3) is 3.95. The number of carbonyl (C=O) groups is 2. The minimum atomic E-state index is -0.606. The van der Waals surface area contributed by atoms with Crippen molar-refractivity contribution in [1.29, 1.82) is 0 Å². The summed E-state index contributed by atoms with van der Waals surface area (Å²) >= 11 is 6.12. The van der Waals surface area contributed by atoms with Crippen LogP contribution in [0.15, 0.2) is 18.2 Å². The van der Waals surface area contributed by atoms with Crippen LogP contribution < -0.4 is 11.1 Å². The summed E-state index contributed by atoms with van der Waals surface area (Å²) in [6.45, 7) is 6.65. The summed E-state index contributed by atoms with van der Waals surface area (Å²) in [4.78, 5) is 25.4. The van der Waals surface area contributed by atoms with Crippen LogP contribution in [0.1, 0.15) is 31.1 Å². The van der Waals surface area contributed by atoms with E-state index in [2.05, 4.69) is 5.32 Å². The molecule has 20 heavy (non-hydrogen) atoms. The van der Waals surface area contributed by atoms with Crippen molar-refractivity contribution in [2.75, 3.05) is 18.4 Å². The van der Waals surface area contributed by atoms with Gasteiger partial charge in [-0.1, -0.05) is 11.6 Å². The van der Waals surface area contributed by atoms with Crippen LogP contribution in [0.25, 0.3) is 0 Å². The molecular formula is C14H20ClN3O2. The second kappa shape index (κ2) is 7.26. The number of nitrogens with one attached hydrogen (secondary N) is 1. The van der Waals surface area contributed by atoms with Gasteiger partial charge in [-0.25, -0.2) is 0 Å². The summed E-state index contributed by atoms with van der Waals surface area (Å²) in [7, 11) is 0. The molecule has 110 valence electrons. The second-order valence-electron chi connectivity index (χ2n) is 4.45. The molecule has 0 spiro atoms. The van der Waals surface area contributed by atoms with E-state index in [1.165, 1.54) is 0 Å². The van der Waals surface area contributed by atoms with Gasteiger partial charge in [0.1, 0.15) is 0 Å². The van der Waals surface area contributed by atoms with Crippen molar-refractivity contribution in [2.45, 2.75) is 26.8 Å². The fourth-order valence-corrected chi connectivity index (χ4v) is 1.96. The molecule has 1 atom stereocenters. The Kier molecular flexibility index (Phi) is 5.98. The van der Waals surface area contributed by atoms with Gasteiger partial charge in [-0.05, 0) is 39.0 Å². The van der Waals surface area contributed by atoms with Gasteiger partial charge in [-0.15, -0.1) is 0 Å². The summed E-state index contributed by atoms with van der Waals surface area (Å²) < 4.78 is 0. The molecular weight excluding hydrogens is 278 g/mol. The predicted octanol–water partition coefficient (Wildman–Crippen LogP) is 2.11. The van der Waals surface area contributed by atoms with E-state index < -0.39 is 6.04 Å².